The number of nitrogens with one attached hydrogen (secondary N) is 2. The molecule has 1 aliphatic rings. The van der Waals surface area contributed by atoms with Crippen LogP contribution in [0.3, 0.4) is 0 Å². The van der Waals surface area contributed by atoms with Crippen LogP contribution in [0.5, 0.6) is 0 Å². The van der Waals surface area contributed by atoms with Crippen LogP contribution in [-0.2, 0) is 17.9 Å². The van der Waals surface area contributed by atoms with Gasteiger partial charge in [-0.3, -0.25) is 0 Å². The summed E-state index contributed by atoms with van der Waals surface area (Å²) in [7, 11) is 0. The Morgan fingerprint density at radius 3 is 2.42 bits per heavy atom. The van der Waals surface area contributed by atoms with Crippen LogP contribution < -0.4 is 10.6 Å². The van der Waals surface area contributed by atoms with Gasteiger partial charge in [-0.2, -0.15) is 13.2 Å². The van der Waals surface area contributed by atoms with E-state index in [1.165, 1.54) is 0 Å². The summed E-state index contributed by atoms with van der Waals surface area (Å²) < 4.78 is 41.0. The van der Waals surface area contributed by atoms with Crippen molar-refractivity contribution in [1.82, 2.24) is 15.5 Å². The van der Waals surface area contributed by atoms with E-state index in [1.54, 1.807) is 12.1 Å². The van der Waals surface area contributed by atoms with Crippen LogP contribution in [-0.4, -0.2) is 67.6 Å². The molecule has 0 unspecified atom stereocenters. The number of ether oxygens (including phenoxy) is 1. The van der Waals surface area contributed by atoms with E-state index in [0.717, 1.165) is 63.5 Å². The molecule has 0 radical (unpaired) electrons. The van der Waals surface area contributed by atoms with Crippen molar-refractivity contribution in [2.24, 2.45) is 4.99 Å². The number of piperidine rings is 1. The smallest absolute Gasteiger partial charge is 0.393 e. The first kappa shape index (κ1) is 27.9. The van der Waals surface area contributed by atoms with Crippen molar-refractivity contribution >= 4 is 29.9 Å². The maximum Gasteiger partial charge on any atom is 0.411 e. The summed E-state index contributed by atoms with van der Waals surface area (Å²) in [6.07, 6.45) is -1.75. The van der Waals surface area contributed by atoms with Gasteiger partial charge < -0.3 is 25.4 Å². The van der Waals surface area contributed by atoms with Crippen molar-refractivity contribution in [3.05, 3.63) is 35.4 Å². The van der Waals surface area contributed by atoms with Gasteiger partial charge in [0.1, 0.15) is 6.61 Å². The van der Waals surface area contributed by atoms with Crippen molar-refractivity contribution < 1.29 is 23.0 Å². The Hall–Kier alpha value is -1.11. The van der Waals surface area contributed by atoms with Crippen LogP contribution in [0.1, 0.15) is 37.3 Å². The van der Waals surface area contributed by atoms with E-state index in [9.17, 15) is 18.3 Å². The molecule has 0 atom stereocenters. The first-order valence-electron chi connectivity index (χ1n) is 10.5. The number of aliphatic hydroxyl groups is 1. The number of halogens is 4. The Kier molecular flexibility index (Phi) is 13.4. The van der Waals surface area contributed by atoms with Crippen LogP contribution >= 0.6 is 24.0 Å². The summed E-state index contributed by atoms with van der Waals surface area (Å²) in [4.78, 5) is 6.94. The normalized spacial score (nSPS) is 16.1. The third kappa shape index (κ3) is 12.5. The summed E-state index contributed by atoms with van der Waals surface area (Å²) in [6, 6.07) is 7.22. The lowest BCUT2D eigenvalue weighted by molar-refractivity contribution is -0.176. The molecular formula is C21H34F3IN4O2. The Morgan fingerprint density at radius 1 is 1.16 bits per heavy atom. The molecule has 0 bridgehead atoms. The van der Waals surface area contributed by atoms with E-state index in [2.05, 4.69) is 25.3 Å². The number of hydrogen-bond donors (Lipinski definition) is 3. The predicted octanol–water partition coefficient (Wildman–Crippen LogP) is 3.29. The summed E-state index contributed by atoms with van der Waals surface area (Å²) >= 11 is 0. The van der Waals surface area contributed by atoms with E-state index in [0.29, 0.717) is 12.1 Å². The SMILES string of the molecule is CCNC(=NCc1ccc(COCC(F)(F)F)cc1)NCCCN1CCC(O)CC1.I. The van der Waals surface area contributed by atoms with Crippen molar-refractivity contribution in [3.63, 3.8) is 0 Å². The van der Waals surface area contributed by atoms with Crippen molar-refractivity contribution in [3.8, 4) is 0 Å². The number of rotatable bonds is 10. The van der Waals surface area contributed by atoms with Gasteiger partial charge in [-0.1, -0.05) is 24.3 Å². The fourth-order valence-electron chi connectivity index (χ4n) is 3.19. The van der Waals surface area contributed by atoms with Crippen LogP contribution in [0.25, 0.3) is 0 Å². The Balaban J connectivity index is 0.00000480. The Morgan fingerprint density at radius 2 is 1.81 bits per heavy atom. The largest absolute Gasteiger partial charge is 0.411 e. The second kappa shape index (κ2) is 14.9. The van der Waals surface area contributed by atoms with Gasteiger partial charge in [-0.15, -0.1) is 24.0 Å². The summed E-state index contributed by atoms with van der Waals surface area (Å²) in [5.41, 5.74) is 1.67. The van der Waals surface area contributed by atoms with Gasteiger partial charge in [0, 0.05) is 26.2 Å². The molecule has 1 fully saturated rings. The molecule has 0 aromatic heterocycles. The first-order valence-corrected chi connectivity index (χ1v) is 10.5. The van der Waals surface area contributed by atoms with E-state index in [1.807, 2.05) is 19.1 Å². The zero-order chi connectivity index (χ0) is 21.8. The highest BCUT2D eigenvalue weighted by atomic mass is 127. The molecule has 10 heteroatoms. The lowest BCUT2D eigenvalue weighted by Gasteiger charge is -2.29. The summed E-state index contributed by atoms with van der Waals surface area (Å²) in [6.45, 7) is 5.64. The van der Waals surface area contributed by atoms with Gasteiger partial charge in [0.15, 0.2) is 5.96 Å². The Labute approximate surface area is 199 Å². The average Bonchev–Trinajstić information content (AvgIpc) is 2.70. The molecule has 0 aliphatic carbocycles. The van der Waals surface area contributed by atoms with Gasteiger partial charge >= 0.3 is 6.18 Å². The van der Waals surface area contributed by atoms with E-state index in [-0.39, 0.29) is 36.7 Å². The predicted molar refractivity (Wildman–Crippen MR) is 127 cm³/mol. The highest BCUT2D eigenvalue weighted by molar-refractivity contribution is 14.0. The molecule has 178 valence electrons. The highest BCUT2D eigenvalue weighted by Crippen LogP contribution is 2.16. The highest BCUT2D eigenvalue weighted by Gasteiger charge is 2.27. The van der Waals surface area contributed by atoms with Crippen LogP contribution in [0.15, 0.2) is 29.3 Å². The maximum atomic E-state index is 12.1. The fraction of sp³-hybridized carbons (Fsp3) is 0.667. The van der Waals surface area contributed by atoms with Crippen LogP contribution in [0.2, 0.25) is 0 Å². The van der Waals surface area contributed by atoms with E-state index >= 15 is 0 Å². The Bertz CT molecular complexity index is 637. The van der Waals surface area contributed by atoms with E-state index in [4.69, 9.17) is 0 Å². The van der Waals surface area contributed by atoms with Gasteiger partial charge in [-0.05, 0) is 43.9 Å². The number of nitrogens with zero attached hydrogens (tertiary/aromatic N) is 2. The minimum atomic E-state index is -4.30. The monoisotopic (exact) mass is 558 g/mol. The zero-order valence-corrected chi connectivity index (χ0v) is 20.3. The van der Waals surface area contributed by atoms with Gasteiger partial charge in [0.05, 0.1) is 19.3 Å². The van der Waals surface area contributed by atoms with Gasteiger partial charge in [0.25, 0.3) is 0 Å². The number of aliphatic hydroxyl groups excluding tert-OH is 1. The molecule has 0 saturated carbocycles. The third-order valence-electron chi connectivity index (χ3n) is 4.82. The number of benzene rings is 1. The number of likely N-dealkylation sites (tertiary alicyclic amines) is 1. The molecule has 31 heavy (non-hydrogen) atoms. The second-order valence-electron chi connectivity index (χ2n) is 7.47. The van der Waals surface area contributed by atoms with Gasteiger partial charge in [0.2, 0.25) is 0 Å². The molecule has 0 amide bonds. The molecule has 0 spiro atoms. The molecule has 1 heterocycles. The summed E-state index contributed by atoms with van der Waals surface area (Å²) in [5, 5.41) is 16.1. The van der Waals surface area contributed by atoms with Crippen LogP contribution in [0.4, 0.5) is 13.2 Å². The summed E-state index contributed by atoms with van der Waals surface area (Å²) in [5.74, 6) is 0.740. The lowest BCUT2D eigenvalue weighted by Crippen LogP contribution is -2.40. The third-order valence-corrected chi connectivity index (χ3v) is 4.82. The number of alkyl halides is 3. The standard InChI is InChI=1S/C21H33F3N4O2.HI/c1-2-25-20(26-10-3-11-28-12-8-19(29)9-13-28)27-14-17-4-6-18(7-5-17)15-30-16-21(22,23)24;/h4-7,19,29H,2-3,8-16H2,1H3,(H2,25,26,27);1H. The quantitative estimate of drug-likeness (QED) is 0.178. The molecule has 1 aromatic carbocycles. The first-order chi connectivity index (χ1) is 14.4. The molecule has 1 aliphatic heterocycles. The minimum absolute atomic E-state index is 0. The molecular weight excluding hydrogens is 524 g/mol. The maximum absolute atomic E-state index is 12.1. The number of guanidine groups is 1. The van der Waals surface area contributed by atoms with Crippen molar-refractivity contribution in [1.29, 1.82) is 0 Å². The molecule has 1 saturated heterocycles. The number of aliphatic imine (C=N–C) groups is 1. The molecule has 1 aromatic rings. The topological polar surface area (TPSA) is 69.1 Å². The fourth-order valence-corrected chi connectivity index (χ4v) is 3.19. The molecule has 2 rings (SSSR count). The second-order valence-corrected chi connectivity index (χ2v) is 7.47. The van der Waals surface area contributed by atoms with Crippen LogP contribution in [0, 0.1) is 0 Å². The van der Waals surface area contributed by atoms with Crippen molar-refractivity contribution in [2.75, 3.05) is 39.3 Å². The zero-order valence-electron chi connectivity index (χ0n) is 18.0. The lowest BCUT2D eigenvalue weighted by atomic mass is 10.1. The molecule has 3 N–H and O–H groups in total. The minimum Gasteiger partial charge on any atom is -0.393 e. The van der Waals surface area contributed by atoms with Gasteiger partial charge in [-0.25, -0.2) is 4.99 Å². The van der Waals surface area contributed by atoms with Crippen molar-refractivity contribution in [2.45, 2.75) is 51.6 Å². The molecule has 6 nitrogen and oxygen atoms in total. The average molecular weight is 558 g/mol. The number of hydrogen-bond acceptors (Lipinski definition) is 4. The van der Waals surface area contributed by atoms with E-state index < -0.39 is 12.8 Å².